The molecule has 1 aromatic heterocycles. The predicted molar refractivity (Wildman–Crippen MR) is 122 cm³/mol. The molecular formula is C25H33N3O4. The number of pyridine rings is 1. The number of aromatic nitrogens is 1. The van der Waals surface area contributed by atoms with Gasteiger partial charge in [0.05, 0.1) is 12.6 Å². The van der Waals surface area contributed by atoms with E-state index in [9.17, 15) is 9.59 Å². The molecule has 1 saturated heterocycles. The van der Waals surface area contributed by atoms with E-state index in [1.165, 1.54) is 0 Å². The van der Waals surface area contributed by atoms with Gasteiger partial charge in [0, 0.05) is 38.4 Å². The van der Waals surface area contributed by atoms with Crippen molar-refractivity contribution in [1.82, 2.24) is 14.8 Å². The topological polar surface area (TPSA) is 72.0 Å². The second-order valence-corrected chi connectivity index (χ2v) is 9.08. The van der Waals surface area contributed by atoms with Crippen molar-refractivity contribution in [2.45, 2.75) is 52.2 Å². The number of carbonyl (C=O) groups is 2. The molecule has 0 spiro atoms. The summed E-state index contributed by atoms with van der Waals surface area (Å²) in [4.78, 5) is 33.4. The molecule has 172 valence electrons. The van der Waals surface area contributed by atoms with E-state index in [2.05, 4.69) is 4.98 Å². The molecule has 0 aliphatic carbocycles. The van der Waals surface area contributed by atoms with Crippen LogP contribution in [0.15, 0.2) is 48.8 Å². The average Bonchev–Trinajstić information content (AvgIpc) is 2.75. The van der Waals surface area contributed by atoms with Gasteiger partial charge < -0.3 is 19.3 Å². The second kappa shape index (κ2) is 10.5. The lowest BCUT2D eigenvalue weighted by atomic mass is 10.0. The highest BCUT2D eigenvalue weighted by Crippen LogP contribution is 2.27. The Balaban J connectivity index is 1.61. The number of hydrogen-bond donors (Lipinski definition) is 0. The van der Waals surface area contributed by atoms with Gasteiger partial charge in [-0.05, 0) is 63.4 Å². The Morgan fingerprint density at radius 2 is 1.97 bits per heavy atom. The average molecular weight is 440 g/mol. The number of benzene rings is 1. The third-order valence-corrected chi connectivity index (χ3v) is 5.21. The summed E-state index contributed by atoms with van der Waals surface area (Å²) in [5, 5.41) is 0. The SMILES string of the molecule is Cc1cccc(OCCCC(=O)N2CCN(C(=O)OC(C)(C)C)CC2c2cccnc2)c1. The van der Waals surface area contributed by atoms with E-state index in [0.29, 0.717) is 39.1 Å². The van der Waals surface area contributed by atoms with Gasteiger partial charge in [-0.1, -0.05) is 18.2 Å². The zero-order valence-electron chi connectivity index (χ0n) is 19.4. The summed E-state index contributed by atoms with van der Waals surface area (Å²) >= 11 is 0. The van der Waals surface area contributed by atoms with Crippen molar-refractivity contribution >= 4 is 12.0 Å². The highest BCUT2D eigenvalue weighted by molar-refractivity contribution is 5.77. The van der Waals surface area contributed by atoms with Gasteiger partial charge in [-0.2, -0.15) is 0 Å². The molecule has 2 heterocycles. The van der Waals surface area contributed by atoms with Gasteiger partial charge in [-0.3, -0.25) is 9.78 Å². The number of hydrogen-bond acceptors (Lipinski definition) is 5. The summed E-state index contributed by atoms with van der Waals surface area (Å²) in [6, 6.07) is 11.4. The number of rotatable bonds is 6. The first-order chi connectivity index (χ1) is 15.2. The number of carbonyl (C=O) groups excluding carboxylic acids is 2. The molecule has 0 N–H and O–H groups in total. The summed E-state index contributed by atoms with van der Waals surface area (Å²) in [7, 11) is 0. The van der Waals surface area contributed by atoms with Gasteiger partial charge in [0.1, 0.15) is 11.4 Å². The van der Waals surface area contributed by atoms with Crippen molar-refractivity contribution in [3.05, 3.63) is 59.9 Å². The standard InChI is InChI=1S/C25H33N3O4/c1-19-8-5-10-21(16-19)31-15-7-11-23(29)28-14-13-27(24(30)32-25(2,3)4)18-22(28)20-9-6-12-26-17-20/h5-6,8-10,12,16-17,22H,7,11,13-15,18H2,1-4H3. The lowest BCUT2D eigenvalue weighted by Gasteiger charge is -2.41. The molecule has 1 aliphatic heterocycles. The van der Waals surface area contributed by atoms with Crippen LogP contribution in [0.3, 0.4) is 0 Å². The van der Waals surface area contributed by atoms with Crippen molar-refractivity contribution in [3.63, 3.8) is 0 Å². The van der Waals surface area contributed by atoms with Gasteiger partial charge in [0.2, 0.25) is 5.91 Å². The smallest absolute Gasteiger partial charge is 0.410 e. The molecule has 3 rings (SSSR count). The Morgan fingerprint density at radius 1 is 1.16 bits per heavy atom. The van der Waals surface area contributed by atoms with E-state index in [0.717, 1.165) is 16.9 Å². The summed E-state index contributed by atoms with van der Waals surface area (Å²) in [6.45, 7) is 9.32. The van der Waals surface area contributed by atoms with E-state index in [4.69, 9.17) is 9.47 Å². The molecule has 1 aliphatic rings. The summed E-state index contributed by atoms with van der Waals surface area (Å²) < 4.78 is 11.3. The molecule has 0 bridgehead atoms. The lowest BCUT2D eigenvalue weighted by molar-refractivity contribution is -0.136. The van der Waals surface area contributed by atoms with Crippen LogP contribution in [0.5, 0.6) is 5.75 Å². The molecular weight excluding hydrogens is 406 g/mol. The molecule has 1 aromatic carbocycles. The molecule has 7 nitrogen and oxygen atoms in total. The Bertz CT molecular complexity index is 911. The summed E-state index contributed by atoms with van der Waals surface area (Å²) in [5.74, 6) is 0.868. The monoisotopic (exact) mass is 439 g/mol. The van der Waals surface area contributed by atoms with Crippen LogP contribution in [0.25, 0.3) is 0 Å². The number of amides is 2. The molecule has 0 radical (unpaired) electrons. The van der Waals surface area contributed by atoms with Gasteiger partial charge in [0.15, 0.2) is 0 Å². The van der Waals surface area contributed by atoms with Crippen LogP contribution >= 0.6 is 0 Å². The Morgan fingerprint density at radius 3 is 2.66 bits per heavy atom. The summed E-state index contributed by atoms with van der Waals surface area (Å²) in [6.07, 6.45) is 4.11. The maximum Gasteiger partial charge on any atom is 0.410 e. The molecule has 7 heteroatoms. The number of nitrogens with zero attached hydrogens (tertiary/aromatic N) is 3. The molecule has 1 unspecified atom stereocenters. The first-order valence-electron chi connectivity index (χ1n) is 11.1. The fraction of sp³-hybridized carbons (Fsp3) is 0.480. The maximum atomic E-state index is 13.1. The number of aryl methyl sites for hydroxylation is 1. The van der Waals surface area contributed by atoms with Gasteiger partial charge in [0.25, 0.3) is 0 Å². The molecule has 2 aromatic rings. The van der Waals surface area contributed by atoms with Crippen LogP contribution in [-0.4, -0.2) is 58.6 Å². The first kappa shape index (κ1) is 23.6. The van der Waals surface area contributed by atoms with Crippen LogP contribution in [0.2, 0.25) is 0 Å². The van der Waals surface area contributed by atoms with Crippen LogP contribution < -0.4 is 4.74 Å². The predicted octanol–water partition coefficient (Wildman–Crippen LogP) is 4.37. The third-order valence-electron chi connectivity index (χ3n) is 5.21. The highest BCUT2D eigenvalue weighted by atomic mass is 16.6. The van der Waals surface area contributed by atoms with Crippen LogP contribution in [0, 0.1) is 6.92 Å². The Hall–Kier alpha value is -3.09. The van der Waals surface area contributed by atoms with E-state index < -0.39 is 5.60 Å². The second-order valence-electron chi connectivity index (χ2n) is 9.08. The molecule has 1 fully saturated rings. The van der Waals surface area contributed by atoms with Crippen molar-refractivity contribution in [2.24, 2.45) is 0 Å². The molecule has 0 saturated carbocycles. The zero-order valence-corrected chi connectivity index (χ0v) is 19.4. The molecule has 2 amide bonds. The van der Waals surface area contributed by atoms with Crippen molar-refractivity contribution in [2.75, 3.05) is 26.2 Å². The van der Waals surface area contributed by atoms with E-state index in [1.54, 1.807) is 17.3 Å². The number of piperazine rings is 1. The minimum Gasteiger partial charge on any atom is -0.494 e. The quantitative estimate of drug-likeness (QED) is 0.625. The van der Waals surface area contributed by atoms with Crippen LogP contribution in [-0.2, 0) is 9.53 Å². The first-order valence-corrected chi connectivity index (χ1v) is 11.1. The Kier molecular flexibility index (Phi) is 7.72. The van der Waals surface area contributed by atoms with Crippen molar-refractivity contribution < 1.29 is 19.1 Å². The Labute approximate surface area is 190 Å². The fourth-order valence-corrected chi connectivity index (χ4v) is 3.69. The zero-order chi connectivity index (χ0) is 23.1. The molecule has 32 heavy (non-hydrogen) atoms. The highest BCUT2D eigenvalue weighted by Gasteiger charge is 2.35. The van der Waals surface area contributed by atoms with E-state index >= 15 is 0 Å². The van der Waals surface area contributed by atoms with Gasteiger partial charge in [-0.25, -0.2) is 4.79 Å². The minimum absolute atomic E-state index is 0.0514. The van der Waals surface area contributed by atoms with E-state index in [-0.39, 0.29) is 18.0 Å². The summed E-state index contributed by atoms with van der Waals surface area (Å²) in [5.41, 5.74) is 1.48. The number of ether oxygens (including phenoxy) is 2. The maximum absolute atomic E-state index is 13.1. The fourth-order valence-electron chi connectivity index (χ4n) is 3.69. The third kappa shape index (κ3) is 6.70. The van der Waals surface area contributed by atoms with Crippen LogP contribution in [0.1, 0.15) is 50.8 Å². The van der Waals surface area contributed by atoms with E-state index in [1.807, 2.05) is 69.0 Å². The lowest BCUT2D eigenvalue weighted by Crippen LogP contribution is -2.53. The van der Waals surface area contributed by atoms with Crippen molar-refractivity contribution in [1.29, 1.82) is 0 Å². The van der Waals surface area contributed by atoms with Crippen molar-refractivity contribution in [3.8, 4) is 5.75 Å². The van der Waals surface area contributed by atoms with Gasteiger partial charge >= 0.3 is 6.09 Å². The normalized spacial score (nSPS) is 16.6. The van der Waals surface area contributed by atoms with Gasteiger partial charge in [-0.15, -0.1) is 0 Å². The molecule has 1 atom stereocenters. The van der Waals surface area contributed by atoms with Crippen LogP contribution in [0.4, 0.5) is 4.79 Å². The minimum atomic E-state index is -0.564. The largest absolute Gasteiger partial charge is 0.494 e.